The maximum Gasteiger partial charge on any atom is 0.0941 e. The van der Waals surface area contributed by atoms with Gasteiger partial charge in [-0.2, -0.15) is 0 Å². The lowest BCUT2D eigenvalue weighted by Crippen LogP contribution is -2.51. The lowest BCUT2D eigenvalue weighted by Gasteiger charge is -2.40. The first-order chi connectivity index (χ1) is 8.66. The molecule has 2 aliphatic rings. The highest BCUT2D eigenvalue weighted by Crippen LogP contribution is 2.11. The van der Waals surface area contributed by atoms with Gasteiger partial charge in [0.1, 0.15) is 0 Å². The molecule has 0 bridgehead atoms. The van der Waals surface area contributed by atoms with E-state index in [2.05, 4.69) is 40.9 Å². The molecule has 0 aliphatic carbocycles. The van der Waals surface area contributed by atoms with Crippen molar-refractivity contribution in [3.63, 3.8) is 0 Å². The first kappa shape index (κ1) is 13.7. The monoisotopic (exact) mass is 252 g/mol. The van der Waals surface area contributed by atoms with Gasteiger partial charge in [0.2, 0.25) is 0 Å². The van der Waals surface area contributed by atoms with Gasteiger partial charge in [0, 0.05) is 38.3 Å². The number of nitrogens with zero attached hydrogens (tertiary/aromatic N) is 2. The molecule has 4 nitrogen and oxygen atoms in total. The molecule has 0 atom stereocenters. The predicted molar refractivity (Wildman–Crippen MR) is 76.4 cm³/mol. The molecule has 0 unspecified atom stereocenters. The van der Waals surface area contributed by atoms with Crippen LogP contribution in [0.1, 0.15) is 26.7 Å². The molecule has 18 heavy (non-hydrogen) atoms. The summed E-state index contributed by atoms with van der Waals surface area (Å²) in [5.41, 5.74) is 0. The van der Waals surface area contributed by atoms with Gasteiger partial charge in [-0.25, -0.2) is 0 Å². The molecular weight excluding hydrogens is 224 g/mol. The van der Waals surface area contributed by atoms with E-state index < -0.39 is 0 Å². The summed E-state index contributed by atoms with van der Waals surface area (Å²) in [4.78, 5) is 4.94. The Labute approximate surface area is 111 Å². The Kier molecular flexibility index (Phi) is 4.89. The van der Waals surface area contributed by atoms with Gasteiger partial charge < -0.3 is 15.5 Å². The van der Waals surface area contributed by atoms with Crippen molar-refractivity contribution in [1.29, 1.82) is 0 Å². The third kappa shape index (κ3) is 3.62. The number of piperazine rings is 1. The standard InChI is InChI=1S/C14H28N4/c1-12(2)17-8-10-18(11-9-17)13(3)16-14-4-6-15-7-5-14/h12,14-16H,3-11H2,1-2H3. The molecule has 2 aliphatic heterocycles. The molecule has 0 aromatic heterocycles. The molecule has 0 amide bonds. The van der Waals surface area contributed by atoms with Gasteiger partial charge in [-0.15, -0.1) is 0 Å². The van der Waals surface area contributed by atoms with Crippen LogP contribution >= 0.6 is 0 Å². The fourth-order valence-electron chi connectivity index (χ4n) is 2.80. The van der Waals surface area contributed by atoms with Crippen molar-refractivity contribution >= 4 is 0 Å². The molecule has 0 spiro atoms. The molecule has 4 heteroatoms. The summed E-state index contributed by atoms with van der Waals surface area (Å²) >= 11 is 0. The van der Waals surface area contributed by atoms with Gasteiger partial charge >= 0.3 is 0 Å². The third-order valence-corrected chi connectivity index (χ3v) is 4.14. The molecule has 0 radical (unpaired) electrons. The van der Waals surface area contributed by atoms with Crippen molar-refractivity contribution in [1.82, 2.24) is 20.4 Å². The number of hydrogen-bond donors (Lipinski definition) is 2. The van der Waals surface area contributed by atoms with E-state index in [1.54, 1.807) is 0 Å². The van der Waals surface area contributed by atoms with Gasteiger partial charge in [-0.1, -0.05) is 6.58 Å². The molecule has 2 saturated heterocycles. The zero-order chi connectivity index (χ0) is 13.0. The fourth-order valence-corrected chi connectivity index (χ4v) is 2.80. The maximum absolute atomic E-state index is 4.22. The molecule has 104 valence electrons. The number of nitrogens with one attached hydrogen (secondary N) is 2. The summed E-state index contributed by atoms with van der Waals surface area (Å²) in [5, 5.41) is 7.00. The molecular formula is C14H28N4. The first-order valence-corrected chi connectivity index (χ1v) is 7.32. The normalized spacial score (nSPS) is 23.4. The minimum atomic E-state index is 0.613. The second-order valence-electron chi connectivity index (χ2n) is 5.73. The Morgan fingerprint density at radius 1 is 1.17 bits per heavy atom. The summed E-state index contributed by atoms with van der Waals surface area (Å²) in [7, 11) is 0. The summed E-state index contributed by atoms with van der Waals surface area (Å²) in [6, 6.07) is 1.28. The Balaban J connectivity index is 1.73. The molecule has 2 fully saturated rings. The number of hydrogen-bond acceptors (Lipinski definition) is 4. The van der Waals surface area contributed by atoms with E-state index in [0.717, 1.165) is 45.1 Å². The highest BCUT2D eigenvalue weighted by molar-refractivity contribution is 4.97. The molecule has 2 N–H and O–H groups in total. The topological polar surface area (TPSA) is 30.5 Å². The Bertz CT molecular complexity index is 263. The molecule has 2 heterocycles. The first-order valence-electron chi connectivity index (χ1n) is 7.32. The van der Waals surface area contributed by atoms with E-state index in [0.29, 0.717) is 12.1 Å². The van der Waals surface area contributed by atoms with E-state index in [4.69, 9.17) is 0 Å². The van der Waals surface area contributed by atoms with Crippen molar-refractivity contribution in [2.24, 2.45) is 0 Å². The van der Waals surface area contributed by atoms with Gasteiger partial charge in [-0.3, -0.25) is 4.90 Å². The van der Waals surface area contributed by atoms with Crippen molar-refractivity contribution in [2.45, 2.75) is 38.8 Å². The van der Waals surface area contributed by atoms with Crippen LogP contribution in [0.25, 0.3) is 0 Å². The summed E-state index contributed by atoms with van der Waals surface area (Å²) in [6.45, 7) is 15.6. The van der Waals surface area contributed by atoms with Crippen LogP contribution in [-0.4, -0.2) is 61.2 Å². The van der Waals surface area contributed by atoms with Gasteiger partial charge in [-0.05, 0) is 39.8 Å². The Morgan fingerprint density at radius 2 is 1.78 bits per heavy atom. The Hall–Kier alpha value is -0.740. The van der Waals surface area contributed by atoms with E-state index >= 15 is 0 Å². The zero-order valence-electron chi connectivity index (χ0n) is 11.9. The number of rotatable bonds is 4. The third-order valence-electron chi connectivity index (χ3n) is 4.14. The van der Waals surface area contributed by atoms with E-state index in [9.17, 15) is 0 Å². The molecule has 0 aromatic carbocycles. The predicted octanol–water partition coefficient (Wildman–Crippen LogP) is 0.825. The highest BCUT2D eigenvalue weighted by Gasteiger charge is 2.21. The second kappa shape index (κ2) is 6.43. The summed E-state index contributed by atoms with van der Waals surface area (Å²) in [5.74, 6) is 1.13. The van der Waals surface area contributed by atoms with E-state index in [-0.39, 0.29) is 0 Å². The molecule has 2 rings (SSSR count). The van der Waals surface area contributed by atoms with Crippen LogP contribution in [0, 0.1) is 0 Å². The molecule has 0 saturated carbocycles. The van der Waals surface area contributed by atoms with Crippen molar-refractivity contribution in [3.05, 3.63) is 12.4 Å². The minimum Gasteiger partial charge on any atom is -0.369 e. The summed E-state index contributed by atoms with van der Waals surface area (Å²) < 4.78 is 0. The average molecular weight is 252 g/mol. The lowest BCUT2D eigenvalue weighted by atomic mass is 10.1. The van der Waals surface area contributed by atoms with Gasteiger partial charge in [0.05, 0.1) is 5.82 Å². The zero-order valence-corrected chi connectivity index (χ0v) is 11.9. The SMILES string of the molecule is C=C(NC1CCNCC1)N1CCN(C(C)C)CC1. The lowest BCUT2D eigenvalue weighted by molar-refractivity contribution is 0.123. The summed E-state index contributed by atoms with van der Waals surface area (Å²) in [6.07, 6.45) is 2.43. The van der Waals surface area contributed by atoms with Crippen LogP contribution in [0.2, 0.25) is 0 Å². The van der Waals surface area contributed by atoms with Crippen LogP contribution in [0.3, 0.4) is 0 Å². The van der Waals surface area contributed by atoms with Crippen molar-refractivity contribution in [3.8, 4) is 0 Å². The maximum atomic E-state index is 4.22. The van der Waals surface area contributed by atoms with Crippen LogP contribution in [0.5, 0.6) is 0 Å². The van der Waals surface area contributed by atoms with Crippen molar-refractivity contribution < 1.29 is 0 Å². The van der Waals surface area contributed by atoms with E-state index in [1.807, 2.05) is 0 Å². The second-order valence-corrected chi connectivity index (χ2v) is 5.73. The van der Waals surface area contributed by atoms with Gasteiger partial charge in [0.25, 0.3) is 0 Å². The largest absolute Gasteiger partial charge is 0.369 e. The Morgan fingerprint density at radius 3 is 2.33 bits per heavy atom. The van der Waals surface area contributed by atoms with Crippen molar-refractivity contribution in [2.75, 3.05) is 39.3 Å². The van der Waals surface area contributed by atoms with Crippen LogP contribution in [0.15, 0.2) is 12.4 Å². The van der Waals surface area contributed by atoms with Crippen LogP contribution in [-0.2, 0) is 0 Å². The van der Waals surface area contributed by atoms with E-state index in [1.165, 1.54) is 12.8 Å². The highest BCUT2D eigenvalue weighted by atomic mass is 15.3. The number of piperidine rings is 1. The molecule has 0 aromatic rings. The average Bonchev–Trinajstić information content (AvgIpc) is 2.40. The minimum absolute atomic E-state index is 0.613. The van der Waals surface area contributed by atoms with Crippen LogP contribution < -0.4 is 10.6 Å². The quantitative estimate of drug-likeness (QED) is 0.776. The van der Waals surface area contributed by atoms with Crippen LogP contribution in [0.4, 0.5) is 0 Å². The fraction of sp³-hybridized carbons (Fsp3) is 0.857. The van der Waals surface area contributed by atoms with Gasteiger partial charge in [0.15, 0.2) is 0 Å². The smallest absolute Gasteiger partial charge is 0.0941 e.